The molecule has 1 heterocycles. The molecule has 0 radical (unpaired) electrons. The van der Waals surface area contributed by atoms with Gasteiger partial charge < -0.3 is 23.4 Å². The van der Waals surface area contributed by atoms with E-state index in [0.717, 1.165) is 12.0 Å². The number of benzene rings is 2. The summed E-state index contributed by atoms with van der Waals surface area (Å²) in [5, 5.41) is 0.467. The van der Waals surface area contributed by atoms with Crippen LogP contribution in [0.5, 0.6) is 11.5 Å². The van der Waals surface area contributed by atoms with Crippen molar-refractivity contribution in [3.63, 3.8) is 0 Å². The lowest BCUT2D eigenvalue weighted by Crippen LogP contribution is -2.06. The second-order valence-electron chi connectivity index (χ2n) is 8.38. The second-order valence-corrected chi connectivity index (χ2v) is 8.38. The lowest BCUT2D eigenvalue weighted by Gasteiger charge is -2.09. The summed E-state index contributed by atoms with van der Waals surface area (Å²) in [5.74, 6) is 0.904. The zero-order valence-electron chi connectivity index (χ0n) is 21.5. The number of unbranched alkanes of at least 4 members (excludes halogenated alkanes) is 2. The number of fused-ring (bicyclic) bond motifs is 1. The van der Waals surface area contributed by atoms with Crippen LogP contribution in [0.1, 0.15) is 52.4 Å². The van der Waals surface area contributed by atoms with E-state index >= 15 is 0 Å². The number of carbonyl (C=O) groups excluding carboxylic acids is 2. The molecule has 0 amide bonds. The smallest absolute Gasteiger partial charge is 0.305 e. The van der Waals surface area contributed by atoms with Crippen LogP contribution in [0.2, 0.25) is 0 Å². The normalized spacial score (nSPS) is 10.8. The minimum absolute atomic E-state index is 0.130. The predicted octanol–water partition coefficient (Wildman–Crippen LogP) is 5.68. The van der Waals surface area contributed by atoms with Gasteiger partial charge in [-0.2, -0.15) is 0 Å². The molecule has 0 aliphatic heterocycles. The molecule has 0 saturated heterocycles. The minimum Gasteiger partial charge on any atom is -0.494 e. The largest absolute Gasteiger partial charge is 0.494 e. The third kappa shape index (κ3) is 8.66. The first kappa shape index (κ1) is 27.8. The van der Waals surface area contributed by atoms with Gasteiger partial charge in [-0.15, -0.1) is 0 Å². The van der Waals surface area contributed by atoms with Gasteiger partial charge in [0.1, 0.15) is 23.3 Å². The van der Waals surface area contributed by atoms with Crippen molar-refractivity contribution in [1.29, 1.82) is 0 Å². The maximum Gasteiger partial charge on any atom is 0.305 e. The third-order valence-electron chi connectivity index (χ3n) is 5.61. The molecule has 0 spiro atoms. The Morgan fingerprint density at radius 1 is 0.757 bits per heavy atom. The molecule has 8 heteroatoms. The monoisotopic (exact) mass is 510 g/mol. The van der Waals surface area contributed by atoms with E-state index in [0.29, 0.717) is 86.6 Å². The summed E-state index contributed by atoms with van der Waals surface area (Å²) in [6, 6.07) is 12.4. The molecule has 0 N–H and O–H groups in total. The molecule has 0 bridgehead atoms. The summed E-state index contributed by atoms with van der Waals surface area (Å²) in [6.45, 7) is 5.31. The van der Waals surface area contributed by atoms with Crippen LogP contribution >= 0.6 is 0 Å². The zero-order valence-corrected chi connectivity index (χ0v) is 21.5. The first-order valence-corrected chi connectivity index (χ1v) is 12.7. The third-order valence-corrected chi connectivity index (χ3v) is 5.61. The molecule has 0 aliphatic rings. The van der Waals surface area contributed by atoms with Gasteiger partial charge in [-0.1, -0.05) is 12.1 Å². The molecule has 0 aliphatic carbocycles. The molecular formula is C29H34O8. The molecule has 0 saturated carbocycles. The molecule has 0 unspecified atom stereocenters. The molecule has 0 fully saturated rings. The highest BCUT2D eigenvalue weighted by atomic mass is 16.5. The van der Waals surface area contributed by atoms with E-state index in [9.17, 15) is 14.4 Å². The molecular weight excluding hydrogens is 476 g/mol. The summed E-state index contributed by atoms with van der Waals surface area (Å²) >= 11 is 0. The van der Waals surface area contributed by atoms with Gasteiger partial charge in [0, 0.05) is 18.9 Å². The van der Waals surface area contributed by atoms with Gasteiger partial charge in [0.15, 0.2) is 5.43 Å². The van der Waals surface area contributed by atoms with E-state index in [-0.39, 0.29) is 17.4 Å². The number of carbonyl (C=O) groups is 2. The van der Waals surface area contributed by atoms with Crippen LogP contribution in [-0.4, -0.2) is 38.4 Å². The van der Waals surface area contributed by atoms with E-state index in [2.05, 4.69) is 0 Å². The molecule has 198 valence electrons. The summed E-state index contributed by atoms with van der Waals surface area (Å²) in [4.78, 5) is 35.8. The van der Waals surface area contributed by atoms with Crippen molar-refractivity contribution < 1.29 is 33.0 Å². The van der Waals surface area contributed by atoms with Crippen LogP contribution in [0.15, 0.2) is 57.9 Å². The average molecular weight is 511 g/mol. The van der Waals surface area contributed by atoms with Gasteiger partial charge >= 0.3 is 11.9 Å². The minimum atomic E-state index is -0.198. The fraction of sp³-hybridized carbons (Fsp3) is 0.414. The quantitative estimate of drug-likeness (QED) is 0.190. The molecule has 8 nitrogen and oxygen atoms in total. The SMILES string of the molecule is CCOC(=O)CCCCOc1ccc(-c2coc3cc(OCCCCC(=O)OCC)ccc3c2=O)cc1. The molecule has 1 aromatic heterocycles. The van der Waals surface area contributed by atoms with Gasteiger partial charge in [-0.05, 0) is 69.4 Å². The summed E-state index contributed by atoms with van der Waals surface area (Å²) in [5.41, 5.74) is 1.50. The lowest BCUT2D eigenvalue weighted by atomic mass is 10.1. The average Bonchev–Trinajstić information content (AvgIpc) is 2.89. The summed E-state index contributed by atoms with van der Waals surface area (Å²) in [7, 11) is 0. The van der Waals surface area contributed by atoms with Crippen molar-refractivity contribution in [2.24, 2.45) is 0 Å². The van der Waals surface area contributed by atoms with Crippen molar-refractivity contribution >= 4 is 22.9 Å². The topological polar surface area (TPSA) is 101 Å². The Bertz CT molecular complexity index is 1210. The van der Waals surface area contributed by atoms with Gasteiger partial charge in [0.2, 0.25) is 0 Å². The van der Waals surface area contributed by atoms with Gasteiger partial charge in [0.25, 0.3) is 0 Å². The van der Waals surface area contributed by atoms with Crippen molar-refractivity contribution in [1.82, 2.24) is 0 Å². The highest BCUT2D eigenvalue weighted by Crippen LogP contribution is 2.25. The summed E-state index contributed by atoms with van der Waals surface area (Å²) < 4.78 is 27.0. The number of hydrogen-bond donors (Lipinski definition) is 0. The number of rotatable bonds is 15. The van der Waals surface area contributed by atoms with Gasteiger partial charge in [-0.3, -0.25) is 14.4 Å². The Balaban J connectivity index is 1.52. The van der Waals surface area contributed by atoms with E-state index in [4.69, 9.17) is 23.4 Å². The van der Waals surface area contributed by atoms with Crippen LogP contribution in [0, 0.1) is 0 Å². The maximum atomic E-state index is 13.1. The fourth-order valence-electron chi connectivity index (χ4n) is 3.72. The molecule has 3 aromatic rings. The Labute approximate surface area is 216 Å². The number of hydrogen-bond acceptors (Lipinski definition) is 8. The van der Waals surface area contributed by atoms with Crippen molar-refractivity contribution in [3.05, 3.63) is 59.0 Å². The number of esters is 2. The number of ether oxygens (including phenoxy) is 4. The molecule has 3 rings (SSSR count). The van der Waals surface area contributed by atoms with Gasteiger partial charge in [-0.25, -0.2) is 0 Å². The second kappa shape index (κ2) is 14.7. The Kier molecular flexibility index (Phi) is 11.0. The van der Waals surface area contributed by atoms with E-state index < -0.39 is 0 Å². The highest BCUT2D eigenvalue weighted by molar-refractivity contribution is 5.82. The van der Waals surface area contributed by atoms with Crippen LogP contribution in [-0.2, 0) is 19.1 Å². The zero-order chi connectivity index (χ0) is 26.5. The van der Waals surface area contributed by atoms with E-state index in [1.54, 1.807) is 32.0 Å². The van der Waals surface area contributed by atoms with Crippen molar-refractivity contribution in [2.75, 3.05) is 26.4 Å². The first-order valence-electron chi connectivity index (χ1n) is 12.7. The molecule has 2 aromatic carbocycles. The maximum absolute atomic E-state index is 13.1. The molecule has 37 heavy (non-hydrogen) atoms. The predicted molar refractivity (Wildman–Crippen MR) is 140 cm³/mol. The van der Waals surface area contributed by atoms with Crippen molar-refractivity contribution in [3.8, 4) is 22.6 Å². The van der Waals surface area contributed by atoms with E-state index in [1.165, 1.54) is 6.26 Å². The first-order chi connectivity index (χ1) is 18.0. The van der Waals surface area contributed by atoms with Crippen LogP contribution < -0.4 is 14.9 Å². The summed E-state index contributed by atoms with van der Waals surface area (Å²) in [6.07, 6.45) is 5.07. The van der Waals surface area contributed by atoms with Crippen LogP contribution in [0.25, 0.3) is 22.1 Å². The van der Waals surface area contributed by atoms with Crippen molar-refractivity contribution in [2.45, 2.75) is 52.4 Å². The standard InChI is InChI=1S/C29H34O8/c1-3-33-27(30)9-5-7-17-35-22-13-11-21(12-14-22)25-20-37-26-19-23(15-16-24(26)29(25)32)36-18-8-6-10-28(31)34-4-2/h11-16,19-20H,3-10,17-18H2,1-2H3. The Morgan fingerprint density at radius 3 is 1.92 bits per heavy atom. The Hall–Kier alpha value is -3.81. The fourth-order valence-corrected chi connectivity index (χ4v) is 3.72. The van der Waals surface area contributed by atoms with E-state index in [1.807, 2.05) is 24.3 Å². The lowest BCUT2D eigenvalue weighted by molar-refractivity contribution is -0.144. The highest BCUT2D eigenvalue weighted by Gasteiger charge is 2.11. The van der Waals surface area contributed by atoms with Crippen LogP contribution in [0.3, 0.4) is 0 Å². The van der Waals surface area contributed by atoms with Crippen LogP contribution in [0.4, 0.5) is 0 Å². The van der Waals surface area contributed by atoms with Gasteiger partial charge in [0.05, 0.1) is 37.4 Å². The Morgan fingerprint density at radius 2 is 1.32 bits per heavy atom. The molecule has 0 atom stereocenters.